The third kappa shape index (κ3) is 2.90. The van der Waals surface area contributed by atoms with Gasteiger partial charge in [-0.05, 0) is 36.8 Å². The van der Waals surface area contributed by atoms with Crippen molar-refractivity contribution in [1.82, 2.24) is 4.98 Å². The molecule has 4 nitrogen and oxygen atoms in total. The first-order valence-electron chi connectivity index (χ1n) is 5.79. The highest BCUT2D eigenvalue weighted by molar-refractivity contribution is 6.04. The Balaban J connectivity index is 2.24. The second kappa shape index (κ2) is 5.64. The summed E-state index contributed by atoms with van der Waals surface area (Å²) in [6.07, 6.45) is 0. The van der Waals surface area contributed by atoms with Gasteiger partial charge in [0.2, 0.25) is 11.9 Å². The zero-order valence-electron chi connectivity index (χ0n) is 10.9. The van der Waals surface area contributed by atoms with E-state index in [2.05, 4.69) is 10.3 Å². The van der Waals surface area contributed by atoms with E-state index in [1.807, 2.05) is 6.92 Å². The van der Waals surface area contributed by atoms with E-state index in [1.165, 1.54) is 7.11 Å². The van der Waals surface area contributed by atoms with Gasteiger partial charge in [0.05, 0.1) is 12.8 Å². The van der Waals surface area contributed by atoms with Gasteiger partial charge in [-0.1, -0.05) is 6.07 Å². The van der Waals surface area contributed by atoms with Crippen LogP contribution in [0.3, 0.4) is 0 Å². The van der Waals surface area contributed by atoms with E-state index in [-0.39, 0.29) is 5.69 Å². The standard InChI is InChI=1S/C14H12F2N2O2/c1-8-3-4-9(7-11(8)20-2)14(19)17-10-5-6-12(15)18-13(10)16/h3-7H,1-2H3,(H,17,19). The minimum Gasteiger partial charge on any atom is -0.496 e. The van der Waals surface area contributed by atoms with Gasteiger partial charge in [-0.25, -0.2) is 0 Å². The minimum absolute atomic E-state index is 0.184. The maximum absolute atomic E-state index is 13.3. The number of carbonyl (C=O) groups excluding carboxylic acids is 1. The molecule has 0 fully saturated rings. The smallest absolute Gasteiger partial charge is 0.255 e. The average Bonchev–Trinajstić information content (AvgIpc) is 2.42. The van der Waals surface area contributed by atoms with E-state index < -0.39 is 17.8 Å². The summed E-state index contributed by atoms with van der Waals surface area (Å²) in [5.74, 6) is -2.00. The molecule has 0 radical (unpaired) electrons. The third-order valence-corrected chi connectivity index (χ3v) is 2.73. The highest BCUT2D eigenvalue weighted by Crippen LogP contribution is 2.20. The largest absolute Gasteiger partial charge is 0.496 e. The Labute approximate surface area is 114 Å². The van der Waals surface area contributed by atoms with E-state index in [9.17, 15) is 13.6 Å². The van der Waals surface area contributed by atoms with Crippen LogP contribution in [0.5, 0.6) is 5.75 Å². The van der Waals surface area contributed by atoms with Crippen LogP contribution >= 0.6 is 0 Å². The van der Waals surface area contributed by atoms with Gasteiger partial charge < -0.3 is 10.1 Å². The number of benzene rings is 1. The average molecular weight is 278 g/mol. The van der Waals surface area contributed by atoms with Gasteiger partial charge in [-0.3, -0.25) is 4.79 Å². The normalized spacial score (nSPS) is 10.2. The zero-order valence-corrected chi connectivity index (χ0v) is 10.9. The molecule has 1 N–H and O–H groups in total. The van der Waals surface area contributed by atoms with E-state index in [0.717, 1.165) is 17.7 Å². The van der Waals surface area contributed by atoms with Crippen molar-refractivity contribution in [2.24, 2.45) is 0 Å². The SMILES string of the molecule is COc1cc(C(=O)Nc2ccc(F)nc2F)ccc1C. The van der Waals surface area contributed by atoms with Crippen LogP contribution in [0.2, 0.25) is 0 Å². The Morgan fingerprint density at radius 2 is 2.00 bits per heavy atom. The predicted molar refractivity (Wildman–Crippen MR) is 69.8 cm³/mol. The van der Waals surface area contributed by atoms with Crippen molar-refractivity contribution in [2.75, 3.05) is 12.4 Å². The van der Waals surface area contributed by atoms with Crippen LogP contribution in [-0.2, 0) is 0 Å². The molecule has 1 heterocycles. The molecule has 1 amide bonds. The maximum Gasteiger partial charge on any atom is 0.255 e. The molecular formula is C14H12F2N2O2. The second-order valence-electron chi connectivity index (χ2n) is 4.11. The predicted octanol–water partition coefficient (Wildman–Crippen LogP) is 2.93. The third-order valence-electron chi connectivity index (χ3n) is 2.73. The lowest BCUT2D eigenvalue weighted by molar-refractivity contribution is 0.102. The molecule has 6 heteroatoms. The number of amides is 1. The quantitative estimate of drug-likeness (QED) is 0.878. The van der Waals surface area contributed by atoms with Crippen LogP contribution in [-0.4, -0.2) is 18.0 Å². The number of aromatic nitrogens is 1. The highest BCUT2D eigenvalue weighted by Gasteiger charge is 2.12. The molecule has 20 heavy (non-hydrogen) atoms. The first-order valence-corrected chi connectivity index (χ1v) is 5.79. The summed E-state index contributed by atoms with van der Waals surface area (Å²) < 4.78 is 31.1. The second-order valence-corrected chi connectivity index (χ2v) is 4.11. The molecule has 1 aromatic carbocycles. The molecule has 0 aliphatic rings. The van der Waals surface area contributed by atoms with Crippen molar-refractivity contribution >= 4 is 11.6 Å². The summed E-state index contributed by atoms with van der Waals surface area (Å²) in [7, 11) is 1.49. The Morgan fingerprint density at radius 1 is 1.25 bits per heavy atom. The van der Waals surface area contributed by atoms with Crippen molar-refractivity contribution in [1.29, 1.82) is 0 Å². The van der Waals surface area contributed by atoms with E-state index >= 15 is 0 Å². The zero-order chi connectivity index (χ0) is 14.7. The summed E-state index contributed by atoms with van der Waals surface area (Å²) >= 11 is 0. The Kier molecular flexibility index (Phi) is 3.93. The number of carbonyl (C=O) groups is 1. The van der Waals surface area contributed by atoms with Gasteiger partial charge in [-0.2, -0.15) is 13.8 Å². The molecule has 0 aliphatic carbocycles. The van der Waals surface area contributed by atoms with Crippen LogP contribution in [0.15, 0.2) is 30.3 Å². The van der Waals surface area contributed by atoms with Gasteiger partial charge in [0, 0.05) is 5.56 Å². The summed E-state index contributed by atoms with van der Waals surface area (Å²) in [6.45, 7) is 1.84. The Bertz CT molecular complexity index is 660. The number of methoxy groups -OCH3 is 1. The number of hydrogen-bond donors (Lipinski definition) is 1. The number of hydrogen-bond acceptors (Lipinski definition) is 3. The lowest BCUT2D eigenvalue weighted by Crippen LogP contribution is -2.14. The van der Waals surface area contributed by atoms with Crippen LogP contribution < -0.4 is 10.1 Å². The molecule has 0 saturated carbocycles. The van der Waals surface area contributed by atoms with Gasteiger partial charge >= 0.3 is 0 Å². The molecule has 2 aromatic rings. The number of halogens is 2. The molecule has 0 spiro atoms. The number of nitrogens with one attached hydrogen (secondary N) is 1. The summed E-state index contributed by atoms with van der Waals surface area (Å²) in [5, 5.41) is 2.33. The van der Waals surface area contributed by atoms with E-state index in [4.69, 9.17) is 4.74 Å². The summed E-state index contributed by atoms with van der Waals surface area (Å²) in [5.41, 5.74) is 0.991. The van der Waals surface area contributed by atoms with Crippen LogP contribution in [0.25, 0.3) is 0 Å². The fourth-order valence-electron chi connectivity index (χ4n) is 1.66. The van der Waals surface area contributed by atoms with E-state index in [0.29, 0.717) is 11.3 Å². The fraction of sp³-hybridized carbons (Fsp3) is 0.143. The molecular weight excluding hydrogens is 266 g/mol. The lowest BCUT2D eigenvalue weighted by atomic mass is 10.1. The van der Waals surface area contributed by atoms with E-state index in [1.54, 1.807) is 18.2 Å². The van der Waals surface area contributed by atoms with Crippen LogP contribution in [0.4, 0.5) is 14.5 Å². The molecule has 0 atom stereocenters. The number of ether oxygens (including phenoxy) is 1. The van der Waals surface area contributed by atoms with Crippen molar-refractivity contribution < 1.29 is 18.3 Å². The first-order chi connectivity index (χ1) is 9.51. The number of aryl methyl sites for hydroxylation is 1. The number of nitrogens with zero attached hydrogens (tertiary/aromatic N) is 1. The molecule has 0 saturated heterocycles. The van der Waals surface area contributed by atoms with Crippen molar-refractivity contribution in [3.63, 3.8) is 0 Å². The summed E-state index contributed by atoms with van der Waals surface area (Å²) in [6, 6.07) is 6.92. The topological polar surface area (TPSA) is 51.2 Å². The first kappa shape index (κ1) is 13.9. The molecule has 0 unspecified atom stereocenters. The van der Waals surface area contributed by atoms with Gasteiger partial charge in [-0.15, -0.1) is 0 Å². The van der Waals surface area contributed by atoms with Gasteiger partial charge in [0.1, 0.15) is 5.75 Å². The van der Waals surface area contributed by atoms with Gasteiger partial charge in [0.25, 0.3) is 5.91 Å². The van der Waals surface area contributed by atoms with Crippen molar-refractivity contribution in [3.05, 3.63) is 53.4 Å². The van der Waals surface area contributed by atoms with Crippen LogP contribution in [0.1, 0.15) is 15.9 Å². The van der Waals surface area contributed by atoms with Crippen molar-refractivity contribution in [2.45, 2.75) is 6.92 Å². The summed E-state index contributed by atoms with van der Waals surface area (Å²) in [4.78, 5) is 15.0. The Morgan fingerprint density at radius 3 is 2.65 bits per heavy atom. The van der Waals surface area contributed by atoms with Crippen molar-refractivity contribution in [3.8, 4) is 5.75 Å². The maximum atomic E-state index is 13.3. The van der Waals surface area contributed by atoms with Crippen LogP contribution in [0, 0.1) is 18.8 Å². The fourth-order valence-corrected chi connectivity index (χ4v) is 1.66. The van der Waals surface area contributed by atoms with Gasteiger partial charge in [0.15, 0.2) is 0 Å². The lowest BCUT2D eigenvalue weighted by Gasteiger charge is -2.09. The molecule has 104 valence electrons. The molecule has 0 bridgehead atoms. The number of pyridine rings is 1. The minimum atomic E-state index is -1.07. The molecule has 0 aliphatic heterocycles. The molecule has 1 aromatic heterocycles. The number of anilines is 1. The highest BCUT2D eigenvalue weighted by atomic mass is 19.1. The monoisotopic (exact) mass is 278 g/mol. The molecule has 2 rings (SSSR count). The Hall–Kier alpha value is -2.50. The number of rotatable bonds is 3.